The highest BCUT2D eigenvalue weighted by molar-refractivity contribution is 5.92. The van der Waals surface area contributed by atoms with Gasteiger partial charge in [0.05, 0.1) is 17.2 Å². The number of carbonyl (C=O) groups excluding carboxylic acids is 4. The van der Waals surface area contributed by atoms with Gasteiger partial charge in [0.15, 0.2) is 0 Å². The van der Waals surface area contributed by atoms with E-state index in [0.717, 1.165) is 22.3 Å². The number of ether oxygens (including phenoxy) is 6. The Morgan fingerprint density at radius 1 is 0.574 bits per heavy atom. The van der Waals surface area contributed by atoms with Crippen molar-refractivity contribution >= 4 is 24.2 Å². The molecule has 0 bridgehead atoms. The van der Waals surface area contributed by atoms with Gasteiger partial charge in [0.1, 0.15) is 28.6 Å². The molecule has 0 heterocycles. The van der Waals surface area contributed by atoms with Gasteiger partial charge >= 0.3 is 24.2 Å². The number of fused-ring (bicyclic) bond motifs is 3. The largest absolute Gasteiger partial charge is 0.514 e. The topological polar surface area (TPSA) is 124 Å². The van der Waals surface area contributed by atoms with Crippen LogP contribution < -0.4 is 18.9 Å². The van der Waals surface area contributed by atoms with Gasteiger partial charge in [0.2, 0.25) is 0 Å². The highest BCUT2D eigenvalue weighted by Crippen LogP contribution is 2.47. The lowest BCUT2D eigenvalue weighted by Crippen LogP contribution is -2.25. The molecule has 0 fully saturated rings. The second-order valence-corrected chi connectivity index (χ2v) is 12.1. The Hall–Kier alpha value is -5.64. The summed E-state index contributed by atoms with van der Waals surface area (Å²) < 4.78 is 31.6. The highest BCUT2D eigenvalue weighted by atomic mass is 16.7. The quantitative estimate of drug-likeness (QED) is 0.111. The molecule has 0 saturated heterocycles. The minimum Gasteiger partial charge on any atom is -0.431 e. The van der Waals surface area contributed by atoms with Gasteiger partial charge in [-0.25, -0.2) is 19.2 Å². The second-order valence-electron chi connectivity index (χ2n) is 12.1. The Morgan fingerprint density at radius 3 is 1.38 bits per heavy atom. The Morgan fingerprint density at radius 2 is 0.979 bits per heavy atom. The van der Waals surface area contributed by atoms with E-state index in [1.807, 2.05) is 31.2 Å². The van der Waals surface area contributed by atoms with Crippen molar-refractivity contribution in [3.8, 4) is 34.1 Å². The van der Waals surface area contributed by atoms with Gasteiger partial charge in [-0.2, -0.15) is 0 Å². The molecule has 1 atom stereocenters. The molecule has 242 valence electrons. The number of benzene rings is 4. The summed E-state index contributed by atoms with van der Waals surface area (Å²) in [5.74, 6) is 0.0225. The van der Waals surface area contributed by atoms with Gasteiger partial charge in [-0.15, -0.1) is 0 Å². The average Bonchev–Trinajstić information content (AvgIpc) is 3.26. The summed E-state index contributed by atoms with van der Waals surface area (Å²) in [4.78, 5) is 49.3. The molecule has 47 heavy (non-hydrogen) atoms. The minimum absolute atomic E-state index is 0.0661. The van der Waals surface area contributed by atoms with Crippen LogP contribution >= 0.6 is 0 Å². The van der Waals surface area contributed by atoms with E-state index in [2.05, 4.69) is 0 Å². The van der Waals surface area contributed by atoms with Gasteiger partial charge in [0.25, 0.3) is 0 Å². The lowest BCUT2D eigenvalue weighted by Gasteiger charge is -2.18. The number of hydrogen-bond donors (Lipinski definition) is 0. The predicted octanol–water partition coefficient (Wildman–Crippen LogP) is 8.49. The van der Waals surface area contributed by atoms with Crippen molar-refractivity contribution in [2.24, 2.45) is 0 Å². The van der Waals surface area contributed by atoms with Crippen LogP contribution in [-0.2, 0) is 9.47 Å². The summed E-state index contributed by atoms with van der Waals surface area (Å²) >= 11 is 0. The minimum atomic E-state index is -0.838. The number of rotatable bonds is 7. The zero-order chi connectivity index (χ0) is 33.9. The fourth-order valence-corrected chi connectivity index (χ4v) is 4.91. The Kier molecular flexibility index (Phi) is 9.32. The molecule has 1 unspecified atom stereocenters. The molecule has 0 saturated carbocycles. The van der Waals surface area contributed by atoms with E-state index in [1.165, 1.54) is 48.5 Å². The van der Waals surface area contributed by atoms with Gasteiger partial charge in [0, 0.05) is 5.92 Å². The maximum Gasteiger partial charge on any atom is 0.514 e. The molecule has 0 aliphatic heterocycles. The Bertz CT molecular complexity index is 1820. The maximum absolute atomic E-state index is 12.9. The third-order valence-corrected chi connectivity index (χ3v) is 6.99. The van der Waals surface area contributed by atoms with Crippen molar-refractivity contribution in [2.75, 3.05) is 0 Å². The number of esters is 2. The summed E-state index contributed by atoms with van der Waals surface area (Å²) in [6.45, 7) is 10.6. The van der Waals surface area contributed by atoms with Crippen LogP contribution in [-0.4, -0.2) is 36.0 Å². The normalized spacial score (nSPS) is 13.2. The molecule has 5 rings (SSSR count). The molecule has 4 aromatic carbocycles. The molecule has 0 radical (unpaired) electrons. The molecule has 0 amide bonds. The summed E-state index contributed by atoms with van der Waals surface area (Å²) in [5.41, 5.74) is 3.76. The van der Waals surface area contributed by atoms with E-state index in [-0.39, 0.29) is 34.6 Å². The smallest absolute Gasteiger partial charge is 0.431 e. The maximum atomic E-state index is 12.9. The summed E-state index contributed by atoms with van der Waals surface area (Å²) in [7, 11) is 0. The van der Waals surface area contributed by atoms with Gasteiger partial charge in [-0.3, -0.25) is 0 Å². The summed E-state index contributed by atoms with van der Waals surface area (Å²) in [5, 5.41) is 0. The molecule has 0 aromatic heterocycles. The van der Waals surface area contributed by atoms with Crippen molar-refractivity contribution < 1.29 is 47.6 Å². The van der Waals surface area contributed by atoms with Crippen LogP contribution in [0.25, 0.3) is 11.1 Å². The van der Waals surface area contributed by atoms with Crippen molar-refractivity contribution in [1.82, 2.24) is 0 Å². The molecule has 10 heteroatoms. The molecule has 0 N–H and O–H groups in total. The molecule has 4 aromatic rings. The number of carbonyl (C=O) groups is 4. The van der Waals surface area contributed by atoms with Crippen LogP contribution in [0.3, 0.4) is 0 Å². The van der Waals surface area contributed by atoms with Gasteiger partial charge in [-0.05, 0) is 130 Å². The van der Waals surface area contributed by atoms with E-state index in [4.69, 9.17) is 28.4 Å². The third-order valence-electron chi connectivity index (χ3n) is 6.99. The second kappa shape index (κ2) is 13.4. The van der Waals surface area contributed by atoms with Crippen LogP contribution in [0, 0.1) is 0 Å². The first-order chi connectivity index (χ1) is 22.3. The molecule has 0 spiro atoms. The predicted molar refractivity (Wildman–Crippen MR) is 171 cm³/mol. The third kappa shape index (κ3) is 8.15. The van der Waals surface area contributed by atoms with Crippen molar-refractivity contribution in [3.05, 3.63) is 107 Å². The molecule has 1 aliphatic rings. The summed E-state index contributed by atoms with van der Waals surface area (Å²) in [6, 6.07) is 22.8. The monoisotopic (exact) mass is 638 g/mol. The zero-order valence-electron chi connectivity index (χ0n) is 26.8. The lowest BCUT2D eigenvalue weighted by molar-refractivity contribution is 0.0205. The van der Waals surface area contributed by atoms with E-state index in [1.54, 1.807) is 46.8 Å². The van der Waals surface area contributed by atoms with E-state index in [9.17, 15) is 19.2 Å². The molecule has 1 aliphatic carbocycles. The fourth-order valence-electron chi connectivity index (χ4n) is 4.91. The molecular formula is C37H34O10. The lowest BCUT2D eigenvalue weighted by atomic mass is 9.99. The average molecular weight is 639 g/mol. The number of hydrogen-bond acceptors (Lipinski definition) is 10. The van der Waals surface area contributed by atoms with Crippen molar-refractivity contribution in [3.63, 3.8) is 0 Å². The SMILES string of the molecule is CC(C)OC(=O)Oc1ccc(C(=O)Oc2ccc3c(c2)C(C)c2cc(OC(=O)c4ccc(OC(=O)OC(C)(C)C)cc4)ccc2-3)cc1. The van der Waals surface area contributed by atoms with E-state index in [0.29, 0.717) is 11.5 Å². The summed E-state index contributed by atoms with van der Waals surface area (Å²) in [6.07, 6.45) is -1.98. The first kappa shape index (κ1) is 32.7. The van der Waals surface area contributed by atoms with Crippen molar-refractivity contribution in [2.45, 2.75) is 59.2 Å². The fraction of sp³-hybridized carbons (Fsp3) is 0.243. The standard InChI is InChI=1S/C37H34O10/c1-21(2)42-35(40)45-25-11-7-23(8-12-25)33(38)43-27-15-17-29-30-18-16-28(20-32(30)22(3)31(29)19-27)44-34(39)24-9-13-26(14-10-24)46-36(41)47-37(4,5)6/h7-22H,1-6H3. The van der Waals surface area contributed by atoms with Crippen molar-refractivity contribution in [1.29, 1.82) is 0 Å². The van der Waals surface area contributed by atoms with Crippen LogP contribution in [0.5, 0.6) is 23.0 Å². The first-order valence-corrected chi connectivity index (χ1v) is 15.0. The Balaban J connectivity index is 1.21. The zero-order valence-corrected chi connectivity index (χ0v) is 26.8. The Labute approximate surface area is 272 Å². The van der Waals surface area contributed by atoms with Crippen LogP contribution in [0.2, 0.25) is 0 Å². The first-order valence-electron chi connectivity index (χ1n) is 15.0. The van der Waals surface area contributed by atoms with E-state index < -0.39 is 29.9 Å². The van der Waals surface area contributed by atoms with Crippen LogP contribution in [0.15, 0.2) is 84.9 Å². The van der Waals surface area contributed by atoms with Crippen LogP contribution in [0.4, 0.5) is 9.59 Å². The molecular weight excluding hydrogens is 604 g/mol. The van der Waals surface area contributed by atoms with Crippen LogP contribution in [0.1, 0.15) is 79.3 Å². The highest BCUT2D eigenvalue weighted by Gasteiger charge is 2.27. The van der Waals surface area contributed by atoms with Gasteiger partial charge < -0.3 is 28.4 Å². The van der Waals surface area contributed by atoms with Gasteiger partial charge in [-0.1, -0.05) is 19.1 Å². The van der Waals surface area contributed by atoms with E-state index >= 15 is 0 Å². The molecule has 10 nitrogen and oxygen atoms in total.